The Bertz CT molecular complexity index is 1460. The number of benzene rings is 2. The van der Waals surface area contributed by atoms with E-state index in [1.54, 1.807) is 10.9 Å². The molecule has 3 heterocycles. The van der Waals surface area contributed by atoms with Gasteiger partial charge < -0.3 is 5.32 Å². The number of anilines is 1. The Morgan fingerprint density at radius 3 is 2.72 bits per heavy atom. The number of carbonyl (C=O) groups is 1. The molecule has 1 amide bonds. The van der Waals surface area contributed by atoms with Crippen LogP contribution >= 0.6 is 11.3 Å². The molecule has 5 rings (SSSR count). The number of nitrogens with zero attached hydrogens (tertiary/aromatic N) is 4. The minimum absolute atomic E-state index is 0.0817. The molecular weight excluding hydrogens is 439 g/mol. The van der Waals surface area contributed by atoms with Gasteiger partial charge in [0.2, 0.25) is 0 Å². The smallest absolute Gasteiger partial charge is 0.319 e. The Morgan fingerprint density at radius 2 is 1.91 bits per heavy atom. The van der Waals surface area contributed by atoms with Crippen molar-refractivity contribution in [3.05, 3.63) is 77.1 Å². The second-order valence-corrected chi connectivity index (χ2v) is 8.35. The number of hydrogen-bond acceptors (Lipinski definition) is 4. The van der Waals surface area contributed by atoms with Gasteiger partial charge in [-0.25, -0.2) is 0 Å². The lowest BCUT2D eigenvalue weighted by molar-refractivity contribution is -0.140. The van der Waals surface area contributed by atoms with Crippen molar-refractivity contribution in [1.82, 2.24) is 19.6 Å². The Kier molecular flexibility index (Phi) is 4.74. The molecule has 0 atom stereocenters. The normalized spacial score (nSPS) is 12.0. The summed E-state index contributed by atoms with van der Waals surface area (Å²) in [5.74, 6) is -0.496. The van der Waals surface area contributed by atoms with Crippen LogP contribution in [0.25, 0.3) is 21.0 Å². The zero-order valence-corrected chi connectivity index (χ0v) is 17.5. The quantitative estimate of drug-likeness (QED) is 0.400. The maximum atomic E-state index is 13.2. The maximum absolute atomic E-state index is 13.2. The Balaban J connectivity index is 1.36. The average molecular weight is 455 g/mol. The first-order valence-corrected chi connectivity index (χ1v) is 10.5. The Hall–Kier alpha value is -3.66. The van der Waals surface area contributed by atoms with Crippen molar-refractivity contribution in [3.63, 3.8) is 0 Å². The van der Waals surface area contributed by atoms with Crippen LogP contribution in [0.15, 0.2) is 60.9 Å². The summed E-state index contributed by atoms with van der Waals surface area (Å²) in [6.45, 7) is 0.515. The molecule has 0 radical (unpaired) electrons. The van der Waals surface area contributed by atoms with Crippen molar-refractivity contribution in [3.8, 4) is 0 Å². The summed E-state index contributed by atoms with van der Waals surface area (Å²) in [7, 11) is 1.42. The third-order valence-electron chi connectivity index (χ3n) is 5.11. The summed E-state index contributed by atoms with van der Waals surface area (Å²) in [6, 6.07) is 15.3. The van der Waals surface area contributed by atoms with Gasteiger partial charge in [0.15, 0.2) is 5.69 Å². The van der Waals surface area contributed by atoms with Crippen molar-refractivity contribution in [2.45, 2.75) is 12.7 Å². The summed E-state index contributed by atoms with van der Waals surface area (Å²) in [6.07, 6.45) is -1.38. The summed E-state index contributed by atoms with van der Waals surface area (Å²) in [4.78, 5) is 13.1. The number of amides is 1. The fourth-order valence-corrected chi connectivity index (χ4v) is 4.64. The molecule has 6 nitrogen and oxygen atoms in total. The van der Waals surface area contributed by atoms with E-state index in [1.165, 1.54) is 19.3 Å². The summed E-state index contributed by atoms with van der Waals surface area (Å²) in [5.41, 5.74) is 0.552. The monoisotopic (exact) mass is 455 g/mol. The van der Waals surface area contributed by atoms with E-state index in [4.69, 9.17) is 0 Å². The predicted octanol–water partition coefficient (Wildman–Crippen LogP) is 5.30. The number of carbonyl (C=O) groups excluding carboxylic acids is 1. The van der Waals surface area contributed by atoms with E-state index >= 15 is 0 Å². The van der Waals surface area contributed by atoms with Crippen LogP contribution in [0.2, 0.25) is 0 Å². The molecule has 0 bridgehead atoms. The highest BCUT2D eigenvalue weighted by Crippen LogP contribution is 2.37. The molecule has 0 saturated carbocycles. The van der Waals surface area contributed by atoms with E-state index < -0.39 is 17.8 Å². The first-order valence-electron chi connectivity index (χ1n) is 9.64. The van der Waals surface area contributed by atoms with Crippen LogP contribution in [0, 0.1) is 0 Å². The van der Waals surface area contributed by atoms with Crippen LogP contribution in [0.3, 0.4) is 0 Å². The number of nitrogens with one attached hydrogen (secondary N) is 1. The number of fused-ring (bicyclic) bond motifs is 2. The highest BCUT2D eigenvalue weighted by atomic mass is 32.1. The number of aromatic nitrogens is 4. The fraction of sp³-hybridized carbons (Fsp3) is 0.136. The standard InChI is InChI=1S/C22H16F3N5OS/c1-29-21-17(19(28-29)22(23,24)25)9-18(32-21)20(31)27-15-10-26-30(12-15)11-14-7-4-6-13-5-2-3-8-16(13)14/h2-10,12H,11H2,1H3,(H,27,31). The molecule has 10 heteroatoms. The van der Waals surface area contributed by atoms with E-state index in [1.807, 2.05) is 42.5 Å². The summed E-state index contributed by atoms with van der Waals surface area (Å²) >= 11 is 0.960. The lowest BCUT2D eigenvalue weighted by Crippen LogP contribution is -2.10. The fourth-order valence-electron chi connectivity index (χ4n) is 3.67. The van der Waals surface area contributed by atoms with Gasteiger partial charge in [0.05, 0.1) is 23.3 Å². The van der Waals surface area contributed by atoms with Crippen molar-refractivity contribution >= 4 is 43.9 Å². The molecule has 1 N–H and O–H groups in total. The number of rotatable bonds is 4. The van der Waals surface area contributed by atoms with Crippen molar-refractivity contribution in [2.75, 3.05) is 5.32 Å². The van der Waals surface area contributed by atoms with Crippen LogP contribution in [-0.2, 0) is 19.8 Å². The topological polar surface area (TPSA) is 64.7 Å². The summed E-state index contributed by atoms with van der Waals surface area (Å²) < 4.78 is 42.4. The van der Waals surface area contributed by atoms with Gasteiger partial charge in [-0.1, -0.05) is 42.5 Å². The van der Waals surface area contributed by atoms with Crippen LogP contribution in [0.1, 0.15) is 20.9 Å². The zero-order chi connectivity index (χ0) is 22.5. The van der Waals surface area contributed by atoms with Gasteiger partial charge in [-0.15, -0.1) is 11.3 Å². The SMILES string of the molecule is Cn1nc(C(F)(F)F)c2cc(C(=O)Nc3cnn(Cc4cccc5ccccc45)c3)sc21. The first-order chi connectivity index (χ1) is 15.3. The summed E-state index contributed by atoms with van der Waals surface area (Å²) in [5, 5.41) is 12.7. The molecule has 5 aromatic rings. The first kappa shape index (κ1) is 20.3. The van der Waals surface area contributed by atoms with Gasteiger partial charge in [0, 0.05) is 18.6 Å². The van der Waals surface area contributed by atoms with E-state index in [0.29, 0.717) is 12.2 Å². The highest BCUT2D eigenvalue weighted by molar-refractivity contribution is 7.20. The van der Waals surface area contributed by atoms with Crippen molar-refractivity contribution < 1.29 is 18.0 Å². The third-order valence-corrected chi connectivity index (χ3v) is 6.31. The Morgan fingerprint density at radius 1 is 1.12 bits per heavy atom. The van der Waals surface area contributed by atoms with Crippen molar-refractivity contribution in [2.24, 2.45) is 7.05 Å². The third kappa shape index (κ3) is 3.62. The predicted molar refractivity (Wildman–Crippen MR) is 117 cm³/mol. The lowest BCUT2D eigenvalue weighted by Gasteiger charge is -2.06. The van der Waals surface area contributed by atoms with Crippen LogP contribution in [0.4, 0.5) is 18.9 Å². The molecule has 0 unspecified atom stereocenters. The molecule has 2 aromatic carbocycles. The minimum Gasteiger partial charge on any atom is -0.319 e. The number of aryl methyl sites for hydroxylation is 1. The molecule has 3 aromatic heterocycles. The molecular formula is C22H16F3N5OS. The van der Waals surface area contributed by atoms with Gasteiger partial charge >= 0.3 is 6.18 Å². The number of alkyl halides is 3. The largest absolute Gasteiger partial charge is 0.435 e. The second-order valence-electron chi connectivity index (χ2n) is 7.32. The van der Waals surface area contributed by atoms with Crippen LogP contribution in [-0.4, -0.2) is 25.5 Å². The number of thiophene rings is 1. The molecule has 162 valence electrons. The van der Waals surface area contributed by atoms with Gasteiger partial charge in [-0.3, -0.25) is 14.2 Å². The molecule has 0 aliphatic rings. The van der Waals surface area contributed by atoms with E-state index in [-0.39, 0.29) is 15.1 Å². The van der Waals surface area contributed by atoms with E-state index in [9.17, 15) is 18.0 Å². The second kappa shape index (κ2) is 7.49. The highest BCUT2D eigenvalue weighted by Gasteiger charge is 2.37. The van der Waals surface area contributed by atoms with Gasteiger partial charge in [0.1, 0.15) is 4.83 Å². The number of halogens is 3. The molecule has 0 spiro atoms. The van der Waals surface area contributed by atoms with Gasteiger partial charge in [-0.05, 0) is 22.4 Å². The lowest BCUT2D eigenvalue weighted by atomic mass is 10.0. The van der Waals surface area contributed by atoms with E-state index in [2.05, 4.69) is 15.5 Å². The molecule has 0 saturated heterocycles. The van der Waals surface area contributed by atoms with E-state index in [0.717, 1.165) is 32.4 Å². The van der Waals surface area contributed by atoms with Gasteiger partial charge in [0.25, 0.3) is 5.91 Å². The zero-order valence-electron chi connectivity index (χ0n) is 16.7. The van der Waals surface area contributed by atoms with Crippen molar-refractivity contribution in [1.29, 1.82) is 0 Å². The maximum Gasteiger partial charge on any atom is 0.435 e. The average Bonchev–Trinajstić information content (AvgIpc) is 3.45. The molecule has 32 heavy (non-hydrogen) atoms. The molecule has 0 fully saturated rings. The van der Waals surface area contributed by atoms with Crippen LogP contribution < -0.4 is 5.32 Å². The Labute approximate surface area is 183 Å². The van der Waals surface area contributed by atoms with Gasteiger partial charge in [-0.2, -0.15) is 23.4 Å². The molecule has 0 aliphatic heterocycles. The molecule has 0 aliphatic carbocycles. The van der Waals surface area contributed by atoms with Crippen LogP contribution in [0.5, 0.6) is 0 Å². The number of hydrogen-bond donors (Lipinski definition) is 1. The minimum atomic E-state index is -4.59.